The Morgan fingerprint density at radius 3 is 2.32 bits per heavy atom. The molecule has 1 amide bonds. The van der Waals surface area contributed by atoms with Gasteiger partial charge in [0.1, 0.15) is 11.2 Å². The van der Waals surface area contributed by atoms with E-state index in [0.717, 1.165) is 63.2 Å². The van der Waals surface area contributed by atoms with Crippen molar-refractivity contribution in [1.82, 2.24) is 29.2 Å². The van der Waals surface area contributed by atoms with E-state index in [-0.39, 0.29) is 23.6 Å². The smallest absolute Gasteiger partial charge is 0.409 e. The highest BCUT2D eigenvalue weighted by molar-refractivity contribution is 5.77. The lowest BCUT2D eigenvalue weighted by atomic mass is 9.71. The minimum atomic E-state index is -2.74. The second-order valence-corrected chi connectivity index (χ2v) is 12.6. The van der Waals surface area contributed by atoms with Crippen LogP contribution in [0.1, 0.15) is 25.7 Å². The van der Waals surface area contributed by atoms with Crippen molar-refractivity contribution >= 4 is 40.3 Å². The monoisotopic (exact) mass is 645 g/mol. The first kappa shape index (κ1) is 30.6. The summed E-state index contributed by atoms with van der Waals surface area (Å²) in [5, 5.41) is 3.55. The van der Waals surface area contributed by atoms with Crippen LogP contribution in [-0.2, 0) is 11.3 Å². The van der Waals surface area contributed by atoms with Crippen molar-refractivity contribution in [3.05, 3.63) is 71.7 Å². The number of anilines is 4. The number of benzene rings is 1. The molecule has 14 heteroatoms. The summed E-state index contributed by atoms with van der Waals surface area (Å²) < 4.78 is 35.0. The zero-order valence-corrected chi connectivity index (χ0v) is 26.2. The van der Waals surface area contributed by atoms with Gasteiger partial charge in [0.05, 0.1) is 26.7 Å². The third-order valence-corrected chi connectivity index (χ3v) is 9.65. The van der Waals surface area contributed by atoms with Gasteiger partial charge in [-0.25, -0.2) is 32.9 Å². The molecular formula is C33H37F2N9O3. The summed E-state index contributed by atoms with van der Waals surface area (Å²) in [4.78, 5) is 44.6. The van der Waals surface area contributed by atoms with Crippen molar-refractivity contribution in [3.63, 3.8) is 0 Å². The Balaban J connectivity index is 1.07. The maximum Gasteiger partial charge on any atom is 0.409 e. The quantitative estimate of drug-likeness (QED) is 0.283. The lowest BCUT2D eigenvalue weighted by Crippen LogP contribution is -2.56. The van der Waals surface area contributed by atoms with Gasteiger partial charge in [0.15, 0.2) is 11.5 Å². The topological polar surface area (TPSA) is 114 Å². The van der Waals surface area contributed by atoms with Gasteiger partial charge < -0.3 is 24.8 Å². The Bertz CT molecular complexity index is 1850. The van der Waals surface area contributed by atoms with Crippen LogP contribution in [0.2, 0.25) is 0 Å². The van der Waals surface area contributed by atoms with Crippen LogP contribution in [0.5, 0.6) is 0 Å². The number of likely N-dealkylation sites (tertiary alicyclic amines) is 1. The van der Waals surface area contributed by atoms with Crippen molar-refractivity contribution < 1.29 is 18.3 Å². The summed E-state index contributed by atoms with van der Waals surface area (Å²) in [6, 6.07) is 13.2. The van der Waals surface area contributed by atoms with Crippen molar-refractivity contribution in [3.8, 4) is 5.82 Å². The number of allylic oxidation sites excluding steroid dienone is 1. The molecule has 246 valence electrons. The first-order valence-electron chi connectivity index (χ1n) is 15.8. The minimum absolute atomic E-state index is 0.191. The van der Waals surface area contributed by atoms with Gasteiger partial charge in [-0.05, 0) is 67.5 Å². The third kappa shape index (κ3) is 5.87. The fraction of sp³-hybridized carbons (Fsp3) is 0.424. The number of nitrogens with one attached hydrogen (secondary N) is 1. The number of amides is 1. The molecule has 6 heterocycles. The molecule has 4 aromatic rings. The summed E-state index contributed by atoms with van der Waals surface area (Å²) in [5.74, 6) is -1.67. The maximum absolute atomic E-state index is 13.6. The second-order valence-electron chi connectivity index (χ2n) is 12.6. The lowest BCUT2D eigenvalue weighted by molar-refractivity contribution is -0.0267. The Morgan fingerprint density at radius 1 is 0.979 bits per heavy atom. The Hall–Kier alpha value is -5.01. The maximum atomic E-state index is 13.6. The van der Waals surface area contributed by atoms with Crippen LogP contribution in [0.15, 0.2) is 66.1 Å². The molecule has 0 radical (unpaired) electrons. The molecule has 12 nitrogen and oxygen atoms in total. The van der Waals surface area contributed by atoms with Gasteiger partial charge in [0.2, 0.25) is 5.95 Å². The van der Waals surface area contributed by atoms with E-state index in [1.807, 2.05) is 12.1 Å². The number of pyridine rings is 1. The number of methoxy groups -OCH3 is 1. The molecule has 1 N–H and O–H groups in total. The fourth-order valence-electron chi connectivity index (χ4n) is 6.91. The lowest BCUT2D eigenvalue weighted by Gasteiger charge is -2.47. The largest absolute Gasteiger partial charge is 0.453 e. The zero-order valence-electron chi connectivity index (χ0n) is 26.2. The highest BCUT2D eigenvalue weighted by atomic mass is 19.3. The van der Waals surface area contributed by atoms with Crippen molar-refractivity contribution in [2.75, 3.05) is 61.5 Å². The predicted molar refractivity (Wildman–Crippen MR) is 175 cm³/mol. The minimum Gasteiger partial charge on any atom is -0.453 e. The average molecular weight is 646 g/mol. The van der Waals surface area contributed by atoms with Crippen LogP contribution < -0.4 is 20.7 Å². The molecule has 3 aliphatic rings. The summed E-state index contributed by atoms with van der Waals surface area (Å²) in [6.45, 7) is 6.58. The molecule has 7 rings (SSSR count). The molecule has 0 unspecified atom stereocenters. The van der Waals surface area contributed by atoms with Crippen molar-refractivity contribution in [2.45, 2.75) is 38.2 Å². The molecule has 0 saturated carbocycles. The molecule has 3 aromatic heterocycles. The molecule has 3 saturated heterocycles. The van der Waals surface area contributed by atoms with E-state index in [9.17, 15) is 18.4 Å². The van der Waals surface area contributed by atoms with Crippen LogP contribution >= 0.6 is 0 Å². The Morgan fingerprint density at radius 2 is 1.66 bits per heavy atom. The SMILES string of the molecule is C=CCn1c(=O)c2cnc(Nc3ccc(N4CCC5(CCN(C(=O)OC)CC5)CC4)cc3)nc2n1-c1cccc(N2CC(F)(F)C2)n1. The summed E-state index contributed by atoms with van der Waals surface area (Å²) >= 11 is 0. The van der Waals surface area contributed by atoms with E-state index in [1.165, 1.54) is 22.9 Å². The van der Waals surface area contributed by atoms with Gasteiger partial charge in [-0.3, -0.25) is 4.79 Å². The van der Waals surface area contributed by atoms with E-state index in [4.69, 9.17) is 9.72 Å². The molecular weight excluding hydrogens is 608 g/mol. The number of ether oxygens (including phenoxy) is 1. The number of hydrogen-bond acceptors (Lipinski definition) is 9. The molecule has 0 aliphatic carbocycles. The number of aromatic nitrogens is 5. The normalized spacial score (nSPS) is 18.7. The molecule has 47 heavy (non-hydrogen) atoms. The summed E-state index contributed by atoms with van der Waals surface area (Å²) in [5.41, 5.74) is 2.23. The number of halogens is 2. The molecule has 1 aromatic carbocycles. The number of nitrogens with zero attached hydrogens (tertiary/aromatic N) is 8. The highest BCUT2D eigenvalue weighted by Crippen LogP contribution is 2.42. The first-order chi connectivity index (χ1) is 22.7. The summed E-state index contributed by atoms with van der Waals surface area (Å²) in [6.07, 6.45) is 7.03. The van der Waals surface area contributed by atoms with Crippen LogP contribution in [0.25, 0.3) is 16.9 Å². The predicted octanol–water partition coefficient (Wildman–Crippen LogP) is 4.81. The molecule has 3 fully saturated rings. The highest BCUT2D eigenvalue weighted by Gasteiger charge is 2.44. The number of alkyl halides is 2. The van der Waals surface area contributed by atoms with Gasteiger partial charge in [-0.2, -0.15) is 4.98 Å². The third-order valence-electron chi connectivity index (χ3n) is 9.65. The standard InChI is InChI=1S/C33H37F2N9O3/c1-3-15-43-29(45)25-20-36-30(39-28(25)44(43)27-6-4-5-26(38-27)42-21-33(34,35)22-42)37-23-7-9-24(10-8-23)40-16-11-32(12-17-40)13-18-41(19-14-32)31(46)47-2/h3-10,20H,1,11-19,21-22H2,2H3,(H,36,37,39). The van der Waals surface area contributed by atoms with Gasteiger partial charge in [-0.15, -0.1) is 6.58 Å². The average Bonchev–Trinajstić information content (AvgIpc) is 3.34. The van der Waals surface area contributed by atoms with E-state index in [0.29, 0.717) is 28.6 Å². The van der Waals surface area contributed by atoms with Crippen LogP contribution in [0.4, 0.5) is 36.7 Å². The number of hydrogen-bond donors (Lipinski definition) is 1. The van der Waals surface area contributed by atoms with E-state index in [1.54, 1.807) is 33.9 Å². The van der Waals surface area contributed by atoms with Crippen molar-refractivity contribution in [1.29, 1.82) is 0 Å². The van der Waals surface area contributed by atoms with Crippen LogP contribution in [0, 0.1) is 5.41 Å². The Kier molecular flexibility index (Phi) is 7.80. The summed E-state index contributed by atoms with van der Waals surface area (Å²) in [7, 11) is 1.43. The molecule has 0 atom stereocenters. The first-order valence-corrected chi connectivity index (χ1v) is 15.8. The number of fused-ring (bicyclic) bond motifs is 1. The fourth-order valence-corrected chi connectivity index (χ4v) is 6.91. The van der Waals surface area contributed by atoms with Gasteiger partial charge in [0.25, 0.3) is 11.5 Å². The van der Waals surface area contributed by atoms with Crippen LogP contribution in [0.3, 0.4) is 0 Å². The number of rotatable bonds is 7. The van der Waals surface area contributed by atoms with E-state index >= 15 is 0 Å². The van der Waals surface area contributed by atoms with E-state index in [2.05, 4.69) is 38.9 Å². The van der Waals surface area contributed by atoms with E-state index < -0.39 is 19.0 Å². The Labute approximate surface area is 270 Å². The van der Waals surface area contributed by atoms with Crippen molar-refractivity contribution in [2.24, 2.45) is 5.41 Å². The number of carbonyl (C=O) groups is 1. The van der Waals surface area contributed by atoms with Gasteiger partial charge in [-0.1, -0.05) is 12.1 Å². The number of piperidine rings is 2. The number of carbonyl (C=O) groups excluding carboxylic acids is 1. The van der Waals surface area contributed by atoms with Gasteiger partial charge >= 0.3 is 6.09 Å². The second kappa shape index (κ2) is 12.0. The van der Waals surface area contributed by atoms with Gasteiger partial charge in [0, 0.05) is 43.8 Å². The molecule has 1 spiro atoms. The zero-order chi connectivity index (χ0) is 32.8. The molecule has 0 bridgehead atoms. The van der Waals surface area contributed by atoms with Crippen LogP contribution in [-0.4, -0.2) is 87.6 Å². The molecule has 3 aliphatic heterocycles.